The number of rotatable bonds is 3. The average molecular weight is 295 g/mol. The molecule has 0 spiro atoms. The van der Waals surface area contributed by atoms with Crippen molar-refractivity contribution in [2.75, 3.05) is 17.2 Å². The first-order chi connectivity index (χ1) is 9.37. The van der Waals surface area contributed by atoms with Crippen molar-refractivity contribution in [1.29, 1.82) is 0 Å². The fraction of sp³-hybridized carbons (Fsp3) is 0.385. The molecule has 1 aliphatic heterocycles. The molecule has 2 rings (SSSR count). The molecule has 3 N–H and O–H groups in total. The van der Waals surface area contributed by atoms with Crippen molar-refractivity contribution >= 4 is 27.1 Å². The number of hydrogen-bond donors (Lipinski definition) is 2. The lowest BCUT2D eigenvalue weighted by Gasteiger charge is -2.07. The van der Waals surface area contributed by atoms with Crippen LogP contribution in [0.25, 0.3) is 0 Å². The van der Waals surface area contributed by atoms with Crippen molar-refractivity contribution in [3.05, 3.63) is 29.8 Å². The molecule has 7 heteroatoms. The molecule has 0 aliphatic carbocycles. The van der Waals surface area contributed by atoms with Crippen LogP contribution in [-0.2, 0) is 14.6 Å². The maximum Gasteiger partial charge on any atom is 0.244 e. The first kappa shape index (κ1) is 14.5. The second kappa shape index (κ2) is 5.62. The number of hydrogen-bond acceptors (Lipinski definition) is 5. The lowest BCUT2D eigenvalue weighted by molar-refractivity contribution is -0.124. The molecule has 1 saturated heterocycles. The van der Waals surface area contributed by atoms with Gasteiger partial charge in [-0.3, -0.25) is 4.79 Å². The standard InChI is InChI=1S/C13H17N3O3S/c1-9(10-3-2-4-12(14)7-10)15-16-13(17)11-5-6-20(18,19)8-11/h2-4,7,11H,5-6,8,14H2,1H3,(H,16,17)/b15-9-/t11-/m1/s1. The zero-order valence-corrected chi connectivity index (χ0v) is 12.0. The molecule has 1 aromatic carbocycles. The molecule has 1 fully saturated rings. The van der Waals surface area contributed by atoms with Gasteiger partial charge in [0, 0.05) is 5.69 Å². The van der Waals surface area contributed by atoms with E-state index in [1.807, 2.05) is 6.07 Å². The summed E-state index contributed by atoms with van der Waals surface area (Å²) < 4.78 is 22.6. The van der Waals surface area contributed by atoms with Crippen LogP contribution in [0.2, 0.25) is 0 Å². The SMILES string of the molecule is C/C(=N/NC(=O)[C@@H]1CCS(=O)(=O)C1)c1cccc(N)c1. The molecule has 20 heavy (non-hydrogen) atoms. The third-order valence-corrected chi connectivity index (χ3v) is 5.01. The summed E-state index contributed by atoms with van der Waals surface area (Å²) in [5, 5.41) is 3.99. The van der Waals surface area contributed by atoms with Crippen LogP contribution >= 0.6 is 0 Å². The number of benzene rings is 1. The van der Waals surface area contributed by atoms with Gasteiger partial charge in [-0.05, 0) is 31.0 Å². The van der Waals surface area contributed by atoms with E-state index in [-0.39, 0.29) is 17.4 Å². The van der Waals surface area contributed by atoms with E-state index in [2.05, 4.69) is 10.5 Å². The van der Waals surface area contributed by atoms with E-state index in [1.54, 1.807) is 25.1 Å². The topological polar surface area (TPSA) is 102 Å². The molecule has 1 aromatic rings. The number of nitrogens with one attached hydrogen (secondary N) is 1. The van der Waals surface area contributed by atoms with Gasteiger partial charge >= 0.3 is 0 Å². The van der Waals surface area contributed by atoms with Crippen LogP contribution in [0, 0.1) is 5.92 Å². The van der Waals surface area contributed by atoms with E-state index in [0.29, 0.717) is 17.8 Å². The van der Waals surface area contributed by atoms with Crippen LogP contribution in [0.4, 0.5) is 5.69 Å². The van der Waals surface area contributed by atoms with Gasteiger partial charge in [0.15, 0.2) is 9.84 Å². The molecule has 1 amide bonds. The third kappa shape index (κ3) is 3.57. The van der Waals surface area contributed by atoms with Gasteiger partial charge in [-0.15, -0.1) is 0 Å². The Balaban J connectivity index is 2.00. The summed E-state index contributed by atoms with van der Waals surface area (Å²) in [7, 11) is -3.06. The van der Waals surface area contributed by atoms with Crippen LogP contribution in [0.15, 0.2) is 29.4 Å². The number of carbonyl (C=O) groups is 1. The van der Waals surface area contributed by atoms with Crippen molar-refractivity contribution in [2.45, 2.75) is 13.3 Å². The predicted molar refractivity (Wildman–Crippen MR) is 78.0 cm³/mol. The molecular weight excluding hydrogens is 278 g/mol. The van der Waals surface area contributed by atoms with Crippen molar-refractivity contribution < 1.29 is 13.2 Å². The normalized spacial score (nSPS) is 21.6. The highest BCUT2D eigenvalue weighted by molar-refractivity contribution is 7.91. The largest absolute Gasteiger partial charge is 0.399 e. The first-order valence-electron chi connectivity index (χ1n) is 6.28. The second-order valence-corrected chi connectivity index (χ2v) is 7.13. The second-order valence-electron chi connectivity index (χ2n) is 4.90. The van der Waals surface area contributed by atoms with Gasteiger partial charge in [0.05, 0.1) is 23.1 Å². The molecular formula is C13H17N3O3S. The van der Waals surface area contributed by atoms with Gasteiger partial charge in [-0.2, -0.15) is 5.10 Å². The molecule has 1 aliphatic rings. The summed E-state index contributed by atoms with van der Waals surface area (Å²) in [4.78, 5) is 11.8. The van der Waals surface area contributed by atoms with Gasteiger partial charge in [0.1, 0.15) is 0 Å². The van der Waals surface area contributed by atoms with Crippen molar-refractivity contribution in [3.8, 4) is 0 Å². The molecule has 0 saturated carbocycles. The molecule has 1 atom stereocenters. The highest BCUT2D eigenvalue weighted by atomic mass is 32.2. The predicted octanol–water partition coefficient (Wildman–Crippen LogP) is 0.544. The number of carbonyl (C=O) groups excluding carboxylic acids is 1. The number of nitrogen functional groups attached to an aromatic ring is 1. The average Bonchev–Trinajstić information content (AvgIpc) is 2.76. The summed E-state index contributed by atoms with van der Waals surface area (Å²) in [5.74, 6) is -0.874. The fourth-order valence-electron chi connectivity index (χ4n) is 2.06. The number of nitrogens with two attached hydrogens (primary N) is 1. The maximum absolute atomic E-state index is 11.8. The lowest BCUT2D eigenvalue weighted by atomic mass is 10.1. The molecule has 6 nitrogen and oxygen atoms in total. The van der Waals surface area contributed by atoms with Crippen molar-refractivity contribution in [2.24, 2.45) is 11.0 Å². The van der Waals surface area contributed by atoms with E-state index in [9.17, 15) is 13.2 Å². The van der Waals surface area contributed by atoms with Gasteiger partial charge in [-0.25, -0.2) is 13.8 Å². The Morgan fingerprint density at radius 2 is 2.20 bits per heavy atom. The minimum Gasteiger partial charge on any atom is -0.399 e. The Morgan fingerprint density at radius 1 is 1.45 bits per heavy atom. The Labute approximate surface area is 118 Å². The van der Waals surface area contributed by atoms with E-state index < -0.39 is 15.8 Å². The maximum atomic E-state index is 11.8. The monoisotopic (exact) mass is 295 g/mol. The Kier molecular flexibility index (Phi) is 4.08. The Morgan fingerprint density at radius 3 is 2.80 bits per heavy atom. The van der Waals surface area contributed by atoms with Gasteiger partial charge in [0.2, 0.25) is 5.91 Å². The minimum atomic E-state index is -3.06. The molecule has 1 heterocycles. The first-order valence-corrected chi connectivity index (χ1v) is 8.10. The number of hydrazone groups is 1. The Bertz CT molecular complexity index is 653. The zero-order chi connectivity index (χ0) is 14.8. The highest BCUT2D eigenvalue weighted by Crippen LogP contribution is 2.18. The third-order valence-electron chi connectivity index (χ3n) is 3.24. The summed E-state index contributed by atoms with van der Waals surface area (Å²) in [6.07, 6.45) is 0.362. The summed E-state index contributed by atoms with van der Waals surface area (Å²) in [6.45, 7) is 1.75. The van der Waals surface area contributed by atoms with E-state index in [0.717, 1.165) is 5.56 Å². The molecule has 108 valence electrons. The molecule has 0 unspecified atom stereocenters. The van der Waals surface area contributed by atoms with E-state index in [4.69, 9.17) is 5.73 Å². The van der Waals surface area contributed by atoms with Crippen LogP contribution in [-0.4, -0.2) is 31.5 Å². The van der Waals surface area contributed by atoms with Crippen LogP contribution in [0.5, 0.6) is 0 Å². The quantitative estimate of drug-likeness (QED) is 0.483. The number of anilines is 1. The molecule has 0 radical (unpaired) electrons. The smallest absolute Gasteiger partial charge is 0.244 e. The van der Waals surface area contributed by atoms with Gasteiger partial charge in [-0.1, -0.05) is 12.1 Å². The Hall–Kier alpha value is -1.89. The number of sulfone groups is 1. The fourth-order valence-corrected chi connectivity index (χ4v) is 3.80. The van der Waals surface area contributed by atoms with Crippen LogP contribution in [0.3, 0.4) is 0 Å². The summed E-state index contributed by atoms with van der Waals surface area (Å²) >= 11 is 0. The van der Waals surface area contributed by atoms with Crippen molar-refractivity contribution in [1.82, 2.24) is 5.43 Å². The highest BCUT2D eigenvalue weighted by Gasteiger charge is 2.32. The van der Waals surface area contributed by atoms with Gasteiger partial charge < -0.3 is 5.73 Å². The number of nitrogens with zero attached hydrogens (tertiary/aromatic N) is 1. The zero-order valence-electron chi connectivity index (χ0n) is 11.2. The van der Waals surface area contributed by atoms with Crippen molar-refractivity contribution in [3.63, 3.8) is 0 Å². The summed E-state index contributed by atoms with van der Waals surface area (Å²) in [6, 6.07) is 7.15. The van der Waals surface area contributed by atoms with E-state index >= 15 is 0 Å². The van der Waals surface area contributed by atoms with E-state index in [1.165, 1.54) is 0 Å². The van der Waals surface area contributed by atoms with Gasteiger partial charge in [0.25, 0.3) is 0 Å². The minimum absolute atomic E-state index is 0.0724. The lowest BCUT2D eigenvalue weighted by Crippen LogP contribution is -2.28. The van der Waals surface area contributed by atoms with Crippen LogP contribution < -0.4 is 11.2 Å². The molecule has 0 aromatic heterocycles. The number of amides is 1. The van der Waals surface area contributed by atoms with Crippen LogP contribution in [0.1, 0.15) is 18.9 Å². The summed E-state index contributed by atoms with van der Waals surface area (Å²) in [5.41, 5.74) is 10.1. The molecule has 0 bridgehead atoms.